The normalized spacial score (nSPS) is 36.1. The Morgan fingerprint density at radius 1 is 1.29 bits per heavy atom. The molecule has 2 fully saturated rings. The summed E-state index contributed by atoms with van der Waals surface area (Å²) >= 11 is 0. The zero-order valence-electron chi connectivity index (χ0n) is 11.3. The van der Waals surface area contributed by atoms with E-state index in [1.165, 1.54) is 0 Å². The fourth-order valence-electron chi connectivity index (χ4n) is 3.08. The molecule has 2 N–H and O–H groups in total. The lowest BCUT2D eigenvalue weighted by Crippen LogP contribution is -2.60. The Labute approximate surface area is 103 Å². The summed E-state index contributed by atoms with van der Waals surface area (Å²) < 4.78 is 5.36. The minimum absolute atomic E-state index is 0.207. The fraction of sp³-hybridized carbons (Fsp3) is 0.923. The lowest BCUT2D eigenvalue weighted by molar-refractivity contribution is -0.0630. The number of rotatable bonds is 1. The standard InChI is InChI=1S/C13H24N2O2/c1-12(2,3)17-11(16)15(4)10-7-13(8-10)5-9(14)6-13/h9-10H,5-8,14H2,1-4H3. The van der Waals surface area contributed by atoms with Crippen molar-refractivity contribution in [1.29, 1.82) is 0 Å². The van der Waals surface area contributed by atoms with Crippen LogP contribution < -0.4 is 5.73 Å². The first kappa shape index (κ1) is 12.7. The molecule has 0 bridgehead atoms. The van der Waals surface area contributed by atoms with Crippen molar-refractivity contribution in [2.24, 2.45) is 11.1 Å². The maximum absolute atomic E-state index is 11.9. The maximum Gasteiger partial charge on any atom is 0.410 e. The summed E-state index contributed by atoms with van der Waals surface area (Å²) in [5, 5.41) is 0. The van der Waals surface area contributed by atoms with E-state index >= 15 is 0 Å². The number of nitrogens with zero attached hydrogens (tertiary/aromatic N) is 1. The second-order valence-corrected chi connectivity index (χ2v) is 6.82. The summed E-state index contributed by atoms with van der Waals surface area (Å²) in [5.41, 5.74) is 5.87. The van der Waals surface area contributed by atoms with Crippen molar-refractivity contribution in [3.05, 3.63) is 0 Å². The Morgan fingerprint density at radius 2 is 1.82 bits per heavy atom. The number of nitrogens with two attached hydrogens (primary N) is 1. The van der Waals surface area contributed by atoms with Crippen LogP contribution in [0.2, 0.25) is 0 Å². The first-order valence-corrected chi connectivity index (χ1v) is 6.42. The molecule has 0 aromatic heterocycles. The van der Waals surface area contributed by atoms with Crippen LogP contribution in [0.25, 0.3) is 0 Å². The van der Waals surface area contributed by atoms with Crippen LogP contribution in [0.4, 0.5) is 4.79 Å². The molecule has 4 nitrogen and oxygen atoms in total. The monoisotopic (exact) mass is 240 g/mol. The Balaban J connectivity index is 1.79. The van der Waals surface area contributed by atoms with E-state index in [0.717, 1.165) is 25.7 Å². The predicted octanol–water partition coefficient (Wildman–Crippen LogP) is 2.12. The van der Waals surface area contributed by atoms with Gasteiger partial charge >= 0.3 is 6.09 Å². The van der Waals surface area contributed by atoms with E-state index in [1.807, 2.05) is 27.8 Å². The summed E-state index contributed by atoms with van der Waals surface area (Å²) in [5.74, 6) is 0. The van der Waals surface area contributed by atoms with Gasteiger partial charge in [0.25, 0.3) is 0 Å². The number of hydrogen-bond donors (Lipinski definition) is 1. The van der Waals surface area contributed by atoms with Gasteiger partial charge in [-0.3, -0.25) is 0 Å². The van der Waals surface area contributed by atoms with E-state index in [2.05, 4.69) is 0 Å². The van der Waals surface area contributed by atoms with Gasteiger partial charge in [-0.25, -0.2) is 4.79 Å². The largest absolute Gasteiger partial charge is 0.444 e. The molecule has 1 amide bonds. The highest BCUT2D eigenvalue weighted by atomic mass is 16.6. The number of carbonyl (C=O) groups excluding carboxylic acids is 1. The molecule has 1 spiro atoms. The predicted molar refractivity (Wildman–Crippen MR) is 66.7 cm³/mol. The van der Waals surface area contributed by atoms with E-state index < -0.39 is 5.60 Å². The highest BCUT2D eigenvalue weighted by Crippen LogP contribution is 2.56. The maximum atomic E-state index is 11.9. The molecule has 2 aliphatic carbocycles. The molecule has 4 heteroatoms. The van der Waals surface area contributed by atoms with Gasteiger partial charge in [-0.15, -0.1) is 0 Å². The van der Waals surface area contributed by atoms with Crippen LogP contribution in [0.3, 0.4) is 0 Å². The smallest absolute Gasteiger partial charge is 0.410 e. The van der Waals surface area contributed by atoms with Crippen LogP contribution in [0, 0.1) is 5.41 Å². The van der Waals surface area contributed by atoms with E-state index in [1.54, 1.807) is 4.90 Å². The minimum Gasteiger partial charge on any atom is -0.444 e. The first-order chi connectivity index (χ1) is 7.71. The van der Waals surface area contributed by atoms with Gasteiger partial charge in [-0.1, -0.05) is 0 Å². The second kappa shape index (κ2) is 3.87. The number of hydrogen-bond acceptors (Lipinski definition) is 3. The lowest BCUT2D eigenvalue weighted by Gasteiger charge is -2.58. The number of carbonyl (C=O) groups is 1. The molecule has 2 saturated carbocycles. The van der Waals surface area contributed by atoms with E-state index in [9.17, 15) is 4.79 Å². The third kappa shape index (κ3) is 2.57. The Hall–Kier alpha value is -0.770. The summed E-state index contributed by atoms with van der Waals surface area (Å²) in [6, 6.07) is 0.736. The van der Waals surface area contributed by atoms with Crippen molar-refractivity contribution in [2.45, 2.75) is 64.1 Å². The average molecular weight is 240 g/mol. The highest BCUT2D eigenvalue weighted by molar-refractivity contribution is 5.68. The summed E-state index contributed by atoms with van der Waals surface area (Å²) in [4.78, 5) is 13.6. The van der Waals surface area contributed by atoms with Gasteiger partial charge in [0, 0.05) is 19.1 Å². The van der Waals surface area contributed by atoms with Gasteiger partial charge in [0.1, 0.15) is 5.60 Å². The molecule has 0 aliphatic heterocycles. The van der Waals surface area contributed by atoms with Crippen molar-refractivity contribution in [2.75, 3.05) is 7.05 Å². The van der Waals surface area contributed by atoms with Gasteiger partial charge in [0.05, 0.1) is 0 Å². The van der Waals surface area contributed by atoms with Crippen LogP contribution >= 0.6 is 0 Å². The Kier molecular flexibility index (Phi) is 2.89. The molecule has 98 valence electrons. The van der Waals surface area contributed by atoms with Gasteiger partial charge < -0.3 is 15.4 Å². The first-order valence-electron chi connectivity index (χ1n) is 6.42. The molecule has 0 radical (unpaired) electrons. The molecule has 0 aromatic carbocycles. The SMILES string of the molecule is CN(C(=O)OC(C)(C)C)C1CC2(CC(N)C2)C1. The molecule has 2 aliphatic rings. The van der Waals surface area contributed by atoms with Crippen LogP contribution in [-0.4, -0.2) is 35.7 Å². The van der Waals surface area contributed by atoms with Crippen molar-refractivity contribution >= 4 is 6.09 Å². The molecule has 0 atom stereocenters. The highest BCUT2D eigenvalue weighted by Gasteiger charge is 2.53. The van der Waals surface area contributed by atoms with Crippen molar-refractivity contribution in [3.63, 3.8) is 0 Å². The van der Waals surface area contributed by atoms with Gasteiger partial charge in [0.2, 0.25) is 0 Å². The second-order valence-electron chi connectivity index (χ2n) is 6.82. The van der Waals surface area contributed by atoms with E-state index in [-0.39, 0.29) is 6.09 Å². The molecule has 0 saturated heterocycles. The fourth-order valence-corrected chi connectivity index (χ4v) is 3.08. The molecule has 0 aromatic rings. The van der Waals surface area contributed by atoms with E-state index in [4.69, 9.17) is 10.5 Å². The molecule has 0 heterocycles. The molecule has 2 rings (SSSR count). The molecular formula is C13H24N2O2. The van der Waals surface area contributed by atoms with Gasteiger partial charge in [-0.05, 0) is 51.9 Å². The van der Waals surface area contributed by atoms with E-state index in [0.29, 0.717) is 17.5 Å². The molecule has 0 unspecified atom stereocenters. The Morgan fingerprint density at radius 3 is 2.24 bits per heavy atom. The zero-order chi connectivity index (χ0) is 12.8. The van der Waals surface area contributed by atoms with Crippen molar-refractivity contribution < 1.29 is 9.53 Å². The number of amides is 1. The van der Waals surface area contributed by atoms with Crippen LogP contribution in [0.1, 0.15) is 46.5 Å². The van der Waals surface area contributed by atoms with Crippen molar-refractivity contribution in [1.82, 2.24) is 4.90 Å². The summed E-state index contributed by atoms with van der Waals surface area (Å²) in [7, 11) is 1.84. The quantitative estimate of drug-likeness (QED) is 0.764. The summed E-state index contributed by atoms with van der Waals surface area (Å²) in [6.45, 7) is 5.68. The van der Waals surface area contributed by atoms with Crippen LogP contribution in [0.5, 0.6) is 0 Å². The minimum atomic E-state index is -0.411. The third-order valence-electron chi connectivity index (χ3n) is 3.96. The van der Waals surface area contributed by atoms with Gasteiger partial charge in [0.15, 0.2) is 0 Å². The van der Waals surface area contributed by atoms with Crippen molar-refractivity contribution in [3.8, 4) is 0 Å². The summed E-state index contributed by atoms with van der Waals surface area (Å²) in [6.07, 6.45) is 4.24. The Bertz CT molecular complexity index is 308. The average Bonchev–Trinajstić information content (AvgIpc) is 2.04. The zero-order valence-corrected chi connectivity index (χ0v) is 11.3. The number of ether oxygens (including phenoxy) is 1. The topological polar surface area (TPSA) is 55.6 Å². The van der Waals surface area contributed by atoms with Crippen LogP contribution in [-0.2, 0) is 4.74 Å². The molecule has 17 heavy (non-hydrogen) atoms. The third-order valence-corrected chi connectivity index (χ3v) is 3.96. The lowest BCUT2D eigenvalue weighted by atomic mass is 9.52. The van der Waals surface area contributed by atoms with Crippen LogP contribution in [0.15, 0.2) is 0 Å². The van der Waals surface area contributed by atoms with Gasteiger partial charge in [-0.2, -0.15) is 0 Å². The molecular weight excluding hydrogens is 216 g/mol.